The molecule has 0 spiro atoms. The number of nitrogens with zero attached hydrogens (tertiary/aromatic N) is 1. The largest absolute Gasteiger partial charge is 0.383 e. The molecule has 1 heterocycles. The molecule has 1 N–H and O–H groups in total. The SMILES string of the molecule is COC[C@@H](C)NC(=O)Cc1c(C)noc1C. The van der Waals surface area contributed by atoms with Crippen LogP contribution in [0.15, 0.2) is 4.52 Å². The van der Waals surface area contributed by atoms with Gasteiger partial charge in [0.25, 0.3) is 0 Å². The zero-order valence-corrected chi connectivity index (χ0v) is 10.2. The lowest BCUT2D eigenvalue weighted by molar-refractivity contribution is -0.121. The van der Waals surface area contributed by atoms with Gasteiger partial charge in [-0.2, -0.15) is 0 Å². The van der Waals surface area contributed by atoms with Crippen molar-refractivity contribution in [2.45, 2.75) is 33.2 Å². The van der Waals surface area contributed by atoms with E-state index in [1.807, 2.05) is 13.8 Å². The molecule has 1 atom stereocenters. The van der Waals surface area contributed by atoms with E-state index in [0.717, 1.165) is 11.3 Å². The summed E-state index contributed by atoms with van der Waals surface area (Å²) >= 11 is 0. The van der Waals surface area contributed by atoms with E-state index in [-0.39, 0.29) is 11.9 Å². The number of hydrogen-bond acceptors (Lipinski definition) is 4. The molecule has 0 fully saturated rings. The third-order valence-electron chi connectivity index (χ3n) is 2.34. The number of nitrogens with one attached hydrogen (secondary N) is 1. The predicted octanol–water partition coefficient (Wildman–Crippen LogP) is 0.985. The summed E-state index contributed by atoms with van der Waals surface area (Å²) in [6.45, 7) is 6.04. The van der Waals surface area contributed by atoms with Crippen LogP contribution in [0.2, 0.25) is 0 Å². The molecule has 5 nitrogen and oxygen atoms in total. The fourth-order valence-corrected chi connectivity index (χ4v) is 1.53. The van der Waals surface area contributed by atoms with Gasteiger partial charge in [0.1, 0.15) is 5.76 Å². The first-order valence-electron chi connectivity index (χ1n) is 5.24. The average molecular weight is 226 g/mol. The maximum atomic E-state index is 11.7. The second-order valence-electron chi connectivity index (χ2n) is 3.90. The number of ether oxygens (including phenoxy) is 1. The summed E-state index contributed by atoms with van der Waals surface area (Å²) in [5, 5.41) is 6.65. The Bertz CT molecular complexity index is 341. The third-order valence-corrected chi connectivity index (χ3v) is 2.34. The molecule has 0 aliphatic rings. The van der Waals surface area contributed by atoms with Gasteiger partial charge in [0.15, 0.2) is 0 Å². The maximum absolute atomic E-state index is 11.7. The molecule has 90 valence electrons. The molecule has 16 heavy (non-hydrogen) atoms. The van der Waals surface area contributed by atoms with Crippen LogP contribution in [0.5, 0.6) is 0 Å². The van der Waals surface area contributed by atoms with E-state index < -0.39 is 0 Å². The minimum Gasteiger partial charge on any atom is -0.383 e. The highest BCUT2D eigenvalue weighted by Crippen LogP contribution is 2.12. The van der Waals surface area contributed by atoms with E-state index in [2.05, 4.69) is 10.5 Å². The Morgan fingerprint density at radius 3 is 2.75 bits per heavy atom. The van der Waals surface area contributed by atoms with Crippen molar-refractivity contribution < 1.29 is 14.1 Å². The van der Waals surface area contributed by atoms with Crippen LogP contribution >= 0.6 is 0 Å². The lowest BCUT2D eigenvalue weighted by Crippen LogP contribution is -2.36. The predicted molar refractivity (Wildman–Crippen MR) is 59.2 cm³/mol. The molecule has 1 rings (SSSR count). The van der Waals surface area contributed by atoms with Crippen molar-refractivity contribution in [2.24, 2.45) is 0 Å². The number of carbonyl (C=O) groups is 1. The first kappa shape index (κ1) is 12.7. The Balaban J connectivity index is 2.52. The lowest BCUT2D eigenvalue weighted by Gasteiger charge is -2.12. The summed E-state index contributed by atoms with van der Waals surface area (Å²) < 4.78 is 9.94. The summed E-state index contributed by atoms with van der Waals surface area (Å²) in [7, 11) is 1.61. The zero-order chi connectivity index (χ0) is 12.1. The van der Waals surface area contributed by atoms with E-state index in [4.69, 9.17) is 9.26 Å². The molecule has 0 aliphatic heterocycles. The van der Waals surface area contributed by atoms with Gasteiger partial charge in [0.2, 0.25) is 5.91 Å². The van der Waals surface area contributed by atoms with Crippen LogP contribution < -0.4 is 5.32 Å². The van der Waals surface area contributed by atoms with Gasteiger partial charge in [-0.25, -0.2) is 0 Å². The maximum Gasteiger partial charge on any atom is 0.224 e. The van der Waals surface area contributed by atoms with Crippen LogP contribution in [0.1, 0.15) is 23.9 Å². The second-order valence-corrected chi connectivity index (χ2v) is 3.90. The fourth-order valence-electron chi connectivity index (χ4n) is 1.53. The highest BCUT2D eigenvalue weighted by atomic mass is 16.5. The Morgan fingerprint density at radius 2 is 2.25 bits per heavy atom. The van der Waals surface area contributed by atoms with Crippen LogP contribution in [-0.4, -0.2) is 30.8 Å². The van der Waals surface area contributed by atoms with Crippen LogP contribution in [0.25, 0.3) is 0 Å². The molecule has 1 amide bonds. The molecule has 0 saturated heterocycles. The molecule has 1 aromatic rings. The minimum atomic E-state index is -0.0426. The first-order chi connectivity index (χ1) is 7.54. The Morgan fingerprint density at radius 1 is 1.56 bits per heavy atom. The Kier molecular flexibility index (Phi) is 4.49. The standard InChI is InChI=1S/C11H18N2O3/c1-7(6-15-4)12-11(14)5-10-8(2)13-16-9(10)3/h7H,5-6H2,1-4H3,(H,12,14)/t7-/m1/s1. The van der Waals surface area contributed by atoms with Gasteiger partial charge in [-0.05, 0) is 20.8 Å². The molecule has 0 aromatic carbocycles. The summed E-state index contributed by atoms with van der Waals surface area (Å²) in [5.74, 6) is 0.658. The molecule has 0 bridgehead atoms. The summed E-state index contributed by atoms with van der Waals surface area (Å²) in [6.07, 6.45) is 0.301. The average Bonchev–Trinajstić information content (AvgIpc) is 2.49. The monoisotopic (exact) mass is 226 g/mol. The van der Waals surface area contributed by atoms with E-state index in [9.17, 15) is 4.79 Å². The van der Waals surface area contributed by atoms with Crippen molar-refractivity contribution in [3.63, 3.8) is 0 Å². The molecular formula is C11H18N2O3. The van der Waals surface area contributed by atoms with Crippen molar-refractivity contribution in [1.29, 1.82) is 0 Å². The number of hydrogen-bond donors (Lipinski definition) is 1. The summed E-state index contributed by atoms with van der Waals surface area (Å²) in [5.41, 5.74) is 1.63. The Hall–Kier alpha value is -1.36. The van der Waals surface area contributed by atoms with Gasteiger partial charge in [0, 0.05) is 18.7 Å². The minimum absolute atomic E-state index is 0.0120. The number of rotatable bonds is 5. The lowest BCUT2D eigenvalue weighted by atomic mass is 10.1. The number of methoxy groups -OCH3 is 1. The zero-order valence-electron chi connectivity index (χ0n) is 10.2. The van der Waals surface area contributed by atoms with Crippen LogP contribution in [0.4, 0.5) is 0 Å². The number of amides is 1. The van der Waals surface area contributed by atoms with Crippen LogP contribution in [0.3, 0.4) is 0 Å². The van der Waals surface area contributed by atoms with E-state index in [1.165, 1.54) is 0 Å². The smallest absolute Gasteiger partial charge is 0.224 e. The van der Waals surface area contributed by atoms with Gasteiger partial charge >= 0.3 is 0 Å². The summed E-state index contributed by atoms with van der Waals surface area (Å²) in [6, 6.07) is 0.0120. The van der Waals surface area contributed by atoms with E-state index in [1.54, 1.807) is 14.0 Å². The van der Waals surface area contributed by atoms with Crippen LogP contribution in [-0.2, 0) is 16.0 Å². The molecular weight excluding hydrogens is 208 g/mol. The van der Waals surface area contributed by atoms with Gasteiger partial charge in [-0.1, -0.05) is 5.16 Å². The number of carbonyl (C=O) groups excluding carboxylic acids is 1. The topological polar surface area (TPSA) is 64.4 Å². The molecule has 0 unspecified atom stereocenters. The summed E-state index contributed by atoms with van der Waals surface area (Å²) in [4.78, 5) is 11.7. The number of aryl methyl sites for hydroxylation is 2. The van der Waals surface area contributed by atoms with E-state index >= 15 is 0 Å². The van der Waals surface area contributed by atoms with E-state index in [0.29, 0.717) is 18.8 Å². The molecule has 1 aromatic heterocycles. The van der Waals surface area contributed by atoms with Crippen molar-refractivity contribution >= 4 is 5.91 Å². The van der Waals surface area contributed by atoms with Gasteiger partial charge < -0.3 is 14.6 Å². The highest BCUT2D eigenvalue weighted by Gasteiger charge is 2.14. The van der Waals surface area contributed by atoms with Gasteiger partial charge in [-0.15, -0.1) is 0 Å². The number of aromatic nitrogens is 1. The van der Waals surface area contributed by atoms with Gasteiger partial charge in [-0.3, -0.25) is 4.79 Å². The van der Waals surface area contributed by atoms with Crippen molar-refractivity contribution in [2.75, 3.05) is 13.7 Å². The third kappa shape index (κ3) is 3.34. The molecule has 0 aliphatic carbocycles. The van der Waals surface area contributed by atoms with Crippen molar-refractivity contribution in [1.82, 2.24) is 10.5 Å². The van der Waals surface area contributed by atoms with Crippen molar-refractivity contribution in [3.8, 4) is 0 Å². The molecule has 5 heteroatoms. The normalized spacial score (nSPS) is 12.5. The molecule has 0 saturated carbocycles. The van der Waals surface area contributed by atoms with Gasteiger partial charge in [0.05, 0.1) is 18.7 Å². The second kappa shape index (κ2) is 5.65. The van der Waals surface area contributed by atoms with Crippen molar-refractivity contribution in [3.05, 3.63) is 17.0 Å². The fraction of sp³-hybridized carbons (Fsp3) is 0.636. The van der Waals surface area contributed by atoms with Crippen LogP contribution in [0, 0.1) is 13.8 Å². The highest BCUT2D eigenvalue weighted by molar-refractivity contribution is 5.79. The Labute approximate surface area is 95.1 Å². The molecule has 0 radical (unpaired) electrons. The quantitative estimate of drug-likeness (QED) is 0.813. The first-order valence-corrected chi connectivity index (χ1v) is 5.24.